The third-order valence-corrected chi connectivity index (χ3v) is 5.49. The van der Waals surface area contributed by atoms with Gasteiger partial charge in [0.15, 0.2) is 0 Å². The van der Waals surface area contributed by atoms with Crippen molar-refractivity contribution in [3.8, 4) is 0 Å². The highest BCUT2D eigenvalue weighted by atomic mass is 35.5. The quantitative estimate of drug-likeness (QED) is 0.528. The van der Waals surface area contributed by atoms with Crippen LogP contribution in [0.1, 0.15) is 12.0 Å². The SMILES string of the molecule is O=C(CC1C(=O)N(c2ccc(Cl)cc2)C(=O)N1Cc1cccnc1)Nc1ccc(Cl)cc1. The molecule has 7 nitrogen and oxygen atoms in total. The Hall–Kier alpha value is -3.42. The lowest BCUT2D eigenvalue weighted by Gasteiger charge is -2.21. The zero-order chi connectivity index (χ0) is 22.7. The predicted molar refractivity (Wildman–Crippen MR) is 123 cm³/mol. The number of carbonyl (C=O) groups is 3. The predicted octanol–water partition coefficient (Wildman–Crippen LogP) is 4.75. The van der Waals surface area contributed by atoms with E-state index in [4.69, 9.17) is 23.2 Å². The summed E-state index contributed by atoms with van der Waals surface area (Å²) in [6.45, 7) is 0.140. The van der Waals surface area contributed by atoms with Gasteiger partial charge in [-0.15, -0.1) is 0 Å². The summed E-state index contributed by atoms with van der Waals surface area (Å²) >= 11 is 11.8. The van der Waals surface area contributed by atoms with E-state index in [0.29, 0.717) is 21.4 Å². The number of amides is 4. The van der Waals surface area contributed by atoms with E-state index in [1.54, 1.807) is 73.1 Å². The van der Waals surface area contributed by atoms with Gasteiger partial charge in [0.05, 0.1) is 12.1 Å². The minimum Gasteiger partial charge on any atom is -0.326 e. The molecule has 1 atom stereocenters. The Morgan fingerprint density at radius 3 is 2.25 bits per heavy atom. The first-order valence-corrected chi connectivity index (χ1v) is 10.5. The summed E-state index contributed by atoms with van der Waals surface area (Å²) in [5.74, 6) is -0.875. The van der Waals surface area contributed by atoms with E-state index in [1.165, 1.54) is 4.90 Å². The van der Waals surface area contributed by atoms with E-state index in [1.807, 2.05) is 0 Å². The molecular formula is C23H18Cl2N4O3. The molecule has 0 saturated carbocycles. The number of halogens is 2. The molecule has 3 aromatic rings. The van der Waals surface area contributed by atoms with Crippen molar-refractivity contribution in [1.29, 1.82) is 0 Å². The zero-order valence-corrected chi connectivity index (χ0v) is 18.3. The number of nitrogens with one attached hydrogen (secondary N) is 1. The average molecular weight is 469 g/mol. The van der Waals surface area contributed by atoms with E-state index >= 15 is 0 Å². The number of rotatable bonds is 6. The van der Waals surface area contributed by atoms with Gasteiger partial charge in [0.1, 0.15) is 6.04 Å². The molecule has 4 amide bonds. The molecule has 32 heavy (non-hydrogen) atoms. The van der Waals surface area contributed by atoms with Crippen LogP contribution in [0.5, 0.6) is 0 Å². The molecule has 4 rings (SSSR count). The van der Waals surface area contributed by atoms with Crippen molar-refractivity contribution in [2.45, 2.75) is 19.0 Å². The molecule has 2 heterocycles. The zero-order valence-electron chi connectivity index (χ0n) is 16.7. The molecule has 9 heteroatoms. The summed E-state index contributed by atoms with van der Waals surface area (Å²) in [5, 5.41) is 3.77. The molecule has 1 unspecified atom stereocenters. The van der Waals surface area contributed by atoms with Gasteiger partial charge in [-0.2, -0.15) is 0 Å². The van der Waals surface area contributed by atoms with Crippen molar-refractivity contribution >= 4 is 52.4 Å². The van der Waals surface area contributed by atoms with Crippen LogP contribution in [0.15, 0.2) is 73.1 Å². The van der Waals surface area contributed by atoms with E-state index in [2.05, 4.69) is 10.3 Å². The largest absolute Gasteiger partial charge is 0.332 e. The lowest BCUT2D eigenvalue weighted by atomic mass is 10.1. The Morgan fingerprint density at radius 2 is 1.62 bits per heavy atom. The van der Waals surface area contributed by atoms with Crippen LogP contribution in [-0.4, -0.2) is 33.8 Å². The molecular weight excluding hydrogens is 451 g/mol. The first-order valence-electron chi connectivity index (χ1n) is 9.77. The van der Waals surface area contributed by atoms with Gasteiger partial charge in [-0.1, -0.05) is 29.3 Å². The third-order valence-electron chi connectivity index (χ3n) is 4.99. The second-order valence-corrected chi connectivity index (χ2v) is 8.07. The van der Waals surface area contributed by atoms with Gasteiger partial charge in [-0.05, 0) is 60.2 Å². The highest BCUT2D eigenvalue weighted by molar-refractivity contribution is 6.31. The van der Waals surface area contributed by atoms with Crippen molar-refractivity contribution in [2.75, 3.05) is 10.2 Å². The molecule has 0 bridgehead atoms. The summed E-state index contributed by atoms with van der Waals surface area (Å²) < 4.78 is 0. The van der Waals surface area contributed by atoms with Crippen molar-refractivity contribution < 1.29 is 14.4 Å². The second-order valence-electron chi connectivity index (χ2n) is 7.20. The van der Waals surface area contributed by atoms with Gasteiger partial charge in [0.2, 0.25) is 5.91 Å². The van der Waals surface area contributed by atoms with Crippen LogP contribution in [0.4, 0.5) is 16.2 Å². The fraction of sp³-hybridized carbons (Fsp3) is 0.130. The van der Waals surface area contributed by atoms with Gasteiger partial charge in [-0.25, -0.2) is 9.69 Å². The molecule has 0 radical (unpaired) electrons. The summed E-state index contributed by atoms with van der Waals surface area (Å²) in [6.07, 6.45) is 3.04. The average Bonchev–Trinajstić information content (AvgIpc) is 3.01. The van der Waals surface area contributed by atoms with Gasteiger partial charge in [0.25, 0.3) is 5.91 Å². The molecule has 2 aromatic carbocycles. The Balaban J connectivity index is 1.59. The fourth-order valence-electron chi connectivity index (χ4n) is 3.45. The van der Waals surface area contributed by atoms with Crippen LogP contribution in [0, 0.1) is 0 Å². The number of anilines is 2. The minimum absolute atomic E-state index is 0.140. The van der Waals surface area contributed by atoms with Crippen LogP contribution >= 0.6 is 23.2 Å². The van der Waals surface area contributed by atoms with Crippen LogP contribution in [-0.2, 0) is 16.1 Å². The summed E-state index contributed by atoms with van der Waals surface area (Å²) in [5.41, 5.74) is 1.68. The number of hydrogen-bond acceptors (Lipinski definition) is 4. The summed E-state index contributed by atoms with van der Waals surface area (Å²) in [7, 11) is 0. The maximum Gasteiger partial charge on any atom is 0.332 e. The smallest absolute Gasteiger partial charge is 0.326 e. The van der Waals surface area contributed by atoms with E-state index in [-0.39, 0.29) is 13.0 Å². The molecule has 1 aromatic heterocycles. The number of urea groups is 1. The molecule has 0 spiro atoms. The topological polar surface area (TPSA) is 82.6 Å². The van der Waals surface area contributed by atoms with Crippen LogP contribution in [0.25, 0.3) is 0 Å². The molecule has 1 aliphatic rings. The molecule has 162 valence electrons. The van der Waals surface area contributed by atoms with E-state index < -0.39 is 23.9 Å². The normalized spacial score (nSPS) is 15.9. The number of carbonyl (C=O) groups excluding carboxylic acids is 3. The van der Waals surface area contributed by atoms with E-state index in [9.17, 15) is 14.4 Å². The number of nitrogens with zero attached hydrogens (tertiary/aromatic N) is 3. The van der Waals surface area contributed by atoms with E-state index in [0.717, 1.165) is 10.5 Å². The van der Waals surface area contributed by atoms with Crippen LogP contribution in [0.3, 0.4) is 0 Å². The Kier molecular flexibility index (Phi) is 6.39. The standard InChI is InChI=1S/C23H18Cl2N4O3/c24-16-3-7-18(8-4-16)27-21(30)12-20-22(31)29(19-9-5-17(25)6-10-19)23(32)28(20)14-15-2-1-11-26-13-15/h1-11,13,20H,12,14H2,(H,27,30). The molecule has 0 aliphatic carbocycles. The Morgan fingerprint density at radius 1 is 0.969 bits per heavy atom. The van der Waals surface area contributed by atoms with Gasteiger partial charge in [-0.3, -0.25) is 14.6 Å². The first kappa shape index (κ1) is 21.8. The molecule has 1 aliphatic heterocycles. The lowest BCUT2D eigenvalue weighted by molar-refractivity contribution is -0.124. The number of hydrogen-bond donors (Lipinski definition) is 1. The van der Waals surface area contributed by atoms with Gasteiger partial charge in [0, 0.05) is 34.7 Å². The number of benzene rings is 2. The summed E-state index contributed by atoms with van der Waals surface area (Å²) in [6, 6.07) is 15.1. The Bertz CT molecular complexity index is 1140. The van der Waals surface area contributed by atoms with Gasteiger partial charge < -0.3 is 10.2 Å². The van der Waals surface area contributed by atoms with Crippen molar-refractivity contribution in [2.24, 2.45) is 0 Å². The highest BCUT2D eigenvalue weighted by Crippen LogP contribution is 2.29. The molecule has 1 fully saturated rings. The van der Waals surface area contributed by atoms with Crippen LogP contribution < -0.4 is 10.2 Å². The monoisotopic (exact) mass is 468 g/mol. The van der Waals surface area contributed by atoms with Gasteiger partial charge >= 0.3 is 6.03 Å². The second kappa shape index (κ2) is 9.38. The number of aromatic nitrogens is 1. The third kappa shape index (κ3) is 4.74. The Labute approximate surface area is 194 Å². The first-order chi connectivity index (χ1) is 15.4. The van der Waals surface area contributed by atoms with Crippen molar-refractivity contribution in [3.05, 3.63) is 88.7 Å². The molecule has 1 N–H and O–H groups in total. The lowest BCUT2D eigenvalue weighted by Crippen LogP contribution is -2.37. The fourth-order valence-corrected chi connectivity index (χ4v) is 3.70. The van der Waals surface area contributed by atoms with Crippen molar-refractivity contribution in [3.63, 3.8) is 0 Å². The van der Waals surface area contributed by atoms with Crippen LogP contribution in [0.2, 0.25) is 10.0 Å². The summed E-state index contributed by atoms with van der Waals surface area (Å²) in [4.78, 5) is 45.7. The number of imide groups is 1. The number of pyridine rings is 1. The van der Waals surface area contributed by atoms with Crippen molar-refractivity contribution in [1.82, 2.24) is 9.88 Å². The maximum absolute atomic E-state index is 13.3. The molecule has 1 saturated heterocycles. The maximum atomic E-state index is 13.3. The minimum atomic E-state index is -0.967. The highest BCUT2D eigenvalue weighted by Gasteiger charge is 2.46.